The van der Waals surface area contributed by atoms with Crippen LogP contribution in [-0.2, 0) is 9.59 Å². The van der Waals surface area contributed by atoms with Crippen molar-refractivity contribution in [1.29, 1.82) is 0 Å². The number of hydrogen-bond donors (Lipinski definition) is 2. The average molecular weight is 693 g/mol. The number of H-pyrrole nitrogens is 2. The van der Waals surface area contributed by atoms with E-state index in [1.165, 1.54) is 0 Å². The molecule has 2 saturated heterocycles. The summed E-state index contributed by atoms with van der Waals surface area (Å²) < 4.78 is 0. The van der Waals surface area contributed by atoms with Crippen LogP contribution in [0.4, 0.5) is 0 Å². The molecule has 2 aromatic carbocycles. The summed E-state index contributed by atoms with van der Waals surface area (Å²) in [6.45, 7) is 13.1. The van der Waals surface area contributed by atoms with Crippen molar-refractivity contribution in [3.63, 3.8) is 0 Å². The van der Waals surface area contributed by atoms with Gasteiger partial charge in [0.1, 0.15) is 11.6 Å². The number of nitrogens with one attached hydrogen (secondary N) is 2. The minimum absolute atomic E-state index is 0.0481. The standard InChI is InChI=1S/C42H44N8O2/c1-5-6-12-27(2)28(3)41(51)49-21-10-15-36(49)40-46-26-35(48-40)33-23-43-38(44-24-33)32-19-17-31(18-20-32)34-25-45-39(47-34)37-16-11-22-50(37)42(52)29(4)30-13-8-7-9-14-30/h5-9,12-14,17-20,23-26,28-29,36-37H,1-2,10-11,15-16,21-22H2,3-4H3,(H,45,47)(H,46,48)/b12-6-/t28-,29-,36+,37+/m1/s1. The molecule has 2 N–H and O–H groups in total. The second-order valence-electron chi connectivity index (χ2n) is 13.6. The molecule has 264 valence electrons. The van der Waals surface area contributed by atoms with Crippen LogP contribution >= 0.6 is 0 Å². The number of carbonyl (C=O) groups is 2. The van der Waals surface area contributed by atoms with Gasteiger partial charge in [-0.15, -0.1) is 0 Å². The molecule has 10 nitrogen and oxygen atoms in total. The summed E-state index contributed by atoms with van der Waals surface area (Å²) >= 11 is 0. The number of carbonyl (C=O) groups excluding carboxylic acids is 2. The summed E-state index contributed by atoms with van der Waals surface area (Å²) in [5.41, 5.74) is 6.18. The molecule has 0 spiro atoms. The highest BCUT2D eigenvalue weighted by Crippen LogP contribution is 2.36. The van der Waals surface area contributed by atoms with E-state index in [4.69, 9.17) is 4.98 Å². The first-order chi connectivity index (χ1) is 25.3. The highest BCUT2D eigenvalue weighted by molar-refractivity contribution is 5.84. The van der Waals surface area contributed by atoms with Crippen molar-refractivity contribution in [2.24, 2.45) is 5.92 Å². The lowest BCUT2D eigenvalue weighted by molar-refractivity contribution is -0.135. The fourth-order valence-corrected chi connectivity index (χ4v) is 7.23. The molecular weight excluding hydrogens is 649 g/mol. The molecule has 4 atom stereocenters. The van der Waals surface area contributed by atoms with Gasteiger partial charge in [0, 0.05) is 36.6 Å². The third-order valence-electron chi connectivity index (χ3n) is 10.4. The maximum atomic E-state index is 13.5. The monoisotopic (exact) mass is 692 g/mol. The third-order valence-corrected chi connectivity index (χ3v) is 10.4. The summed E-state index contributed by atoms with van der Waals surface area (Å²) in [6, 6.07) is 17.8. The van der Waals surface area contributed by atoms with Crippen molar-refractivity contribution in [1.82, 2.24) is 39.7 Å². The highest BCUT2D eigenvalue weighted by Gasteiger charge is 2.36. The minimum Gasteiger partial charge on any atom is -0.340 e. The maximum absolute atomic E-state index is 13.5. The number of imidazole rings is 2. The molecule has 5 heterocycles. The number of aromatic amines is 2. The lowest BCUT2D eigenvalue weighted by Gasteiger charge is -2.26. The molecule has 0 unspecified atom stereocenters. The summed E-state index contributed by atoms with van der Waals surface area (Å²) in [6.07, 6.45) is 16.1. The van der Waals surface area contributed by atoms with Crippen LogP contribution in [-0.4, -0.2) is 64.6 Å². The summed E-state index contributed by atoms with van der Waals surface area (Å²) in [4.78, 5) is 56.3. The van der Waals surface area contributed by atoms with Crippen molar-refractivity contribution < 1.29 is 9.59 Å². The van der Waals surface area contributed by atoms with E-state index in [1.807, 2.05) is 90.5 Å². The van der Waals surface area contributed by atoms with E-state index in [0.29, 0.717) is 12.4 Å². The van der Waals surface area contributed by atoms with Crippen LogP contribution < -0.4 is 0 Å². The predicted octanol–water partition coefficient (Wildman–Crippen LogP) is 7.99. The lowest BCUT2D eigenvalue weighted by atomic mass is 9.99. The van der Waals surface area contributed by atoms with Gasteiger partial charge in [0.15, 0.2) is 5.82 Å². The lowest BCUT2D eigenvalue weighted by Crippen LogP contribution is -2.35. The number of nitrogens with zero attached hydrogens (tertiary/aromatic N) is 6. The van der Waals surface area contributed by atoms with E-state index in [0.717, 1.165) is 83.1 Å². The Morgan fingerprint density at radius 3 is 1.90 bits per heavy atom. The molecule has 52 heavy (non-hydrogen) atoms. The van der Waals surface area contributed by atoms with Gasteiger partial charge >= 0.3 is 0 Å². The fourth-order valence-electron chi connectivity index (χ4n) is 7.23. The molecule has 7 rings (SSSR count). The number of benzene rings is 2. The number of amides is 2. The Kier molecular flexibility index (Phi) is 10.1. The molecule has 0 radical (unpaired) electrons. The Morgan fingerprint density at radius 2 is 1.31 bits per heavy atom. The number of likely N-dealkylation sites (tertiary alicyclic amines) is 2. The van der Waals surface area contributed by atoms with E-state index in [1.54, 1.807) is 30.7 Å². The zero-order valence-electron chi connectivity index (χ0n) is 29.7. The van der Waals surface area contributed by atoms with Gasteiger partial charge in [0.25, 0.3) is 0 Å². The van der Waals surface area contributed by atoms with Gasteiger partial charge in [-0.2, -0.15) is 0 Å². The largest absolute Gasteiger partial charge is 0.340 e. The minimum atomic E-state index is -0.326. The van der Waals surface area contributed by atoms with Crippen LogP contribution in [0.5, 0.6) is 0 Å². The number of aromatic nitrogens is 6. The molecule has 3 aromatic heterocycles. The van der Waals surface area contributed by atoms with Crippen LogP contribution in [0.2, 0.25) is 0 Å². The van der Waals surface area contributed by atoms with Gasteiger partial charge in [-0.3, -0.25) is 9.59 Å². The number of hydrogen-bond acceptors (Lipinski definition) is 6. The van der Waals surface area contributed by atoms with E-state index >= 15 is 0 Å². The Morgan fingerprint density at radius 1 is 0.750 bits per heavy atom. The summed E-state index contributed by atoms with van der Waals surface area (Å²) in [5, 5.41) is 0. The topological polar surface area (TPSA) is 124 Å². The SMILES string of the molecule is C=C/C=C\C(=C)[C@@H](C)C(=O)N1CCC[C@H]1c1ncc(-c2cnc(-c3ccc(-c4cnc([C@@H]5CCCN5C(=O)[C@H](C)c5ccccc5)[nH]4)cc3)nc2)[nH]1. The number of rotatable bonds is 11. The highest BCUT2D eigenvalue weighted by atomic mass is 16.2. The normalized spacial score (nSPS) is 18.5. The van der Waals surface area contributed by atoms with Gasteiger partial charge in [0.2, 0.25) is 11.8 Å². The predicted molar refractivity (Wildman–Crippen MR) is 203 cm³/mol. The smallest absolute Gasteiger partial charge is 0.230 e. The molecule has 2 fully saturated rings. The number of allylic oxidation sites excluding steroid dienone is 3. The van der Waals surface area contributed by atoms with Crippen molar-refractivity contribution in [3.05, 3.63) is 134 Å². The Balaban J connectivity index is 0.997. The van der Waals surface area contributed by atoms with E-state index < -0.39 is 0 Å². The second kappa shape index (κ2) is 15.1. The quantitative estimate of drug-likeness (QED) is 0.135. The molecule has 10 heteroatoms. The Bertz CT molecular complexity index is 2080. The first kappa shape index (κ1) is 34.5. The van der Waals surface area contributed by atoms with Crippen molar-refractivity contribution >= 4 is 11.8 Å². The molecule has 0 bridgehead atoms. The van der Waals surface area contributed by atoms with Crippen molar-refractivity contribution in [2.75, 3.05) is 13.1 Å². The van der Waals surface area contributed by atoms with Crippen LogP contribution in [0.15, 0.2) is 116 Å². The first-order valence-corrected chi connectivity index (χ1v) is 18.0. The van der Waals surface area contributed by atoms with E-state index in [2.05, 4.69) is 38.1 Å². The zero-order valence-corrected chi connectivity index (χ0v) is 29.7. The van der Waals surface area contributed by atoms with Gasteiger partial charge in [-0.05, 0) is 56.2 Å². The average Bonchev–Trinajstić information content (AvgIpc) is 4.03. The first-order valence-electron chi connectivity index (χ1n) is 18.0. The van der Waals surface area contributed by atoms with Gasteiger partial charge in [0.05, 0.1) is 47.7 Å². The molecular formula is C42H44N8O2. The van der Waals surface area contributed by atoms with Gasteiger partial charge in [-0.1, -0.05) is 86.0 Å². The molecule has 2 aliphatic heterocycles. The van der Waals surface area contributed by atoms with Crippen LogP contribution in [0.25, 0.3) is 33.9 Å². The molecule has 5 aromatic rings. The fraction of sp³-hybridized carbons (Fsp3) is 0.286. The third kappa shape index (κ3) is 7.01. The summed E-state index contributed by atoms with van der Waals surface area (Å²) in [5.74, 6) is 1.83. The Hall–Kier alpha value is -5.90. The molecule has 2 aliphatic rings. The molecule has 0 aliphatic carbocycles. The van der Waals surface area contributed by atoms with E-state index in [9.17, 15) is 9.59 Å². The Labute approximate surface area is 304 Å². The maximum Gasteiger partial charge on any atom is 0.230 e. The molecule has 2 amide bonds. The zero-order chi connectivity index (χ0) is 36.2. The molecule has 0 saturated carbocycles. The van der Waals surface area contributed by atoms with Gasteiger partial charge in [-0.25, -0.2) is 19.9 Å². The van der Waals surface area contributed by atoms with Crippen molar-refractivity contribution in [3.8, 4) is 33.9 Å². The van der Waals surface area contributed by atoms with E-state index in [-0.39, 0.29) is 35.7 Å². The van der Waals surface area contributed by atoms with Crippen LogP contribution in [0.1, 0.15) is 74.7 Å². The second-order valence-corrected chi connectivity index (χ2v) is 13.6. The van der Waals surface area contributed by atoms with Crippen LogP contribution in [0.3, 0.4) is 0 Å². The van der Waals surface area contributed by atoms with Crippen LogP contribution in [0, 0.1) is 5.92 Å². The van der Waals surface area contributed by atoms with Crippen molar-refractivity contribution in [2.45, 2.75) is 57.5 Å². The van der Waals surface area contributed by atoms with Gasteiger partial charge < -0.3 is 19.8 Å². The summed E-state index contributed by atoms with van der Waals surface area (Å²) in [7, 11) is 0.